The van der Waals surface area contributed by atoms with Gasteiger partial charge in [0, 0.05) is 23.3 Å². The van der Waals surface area contributed by atoms with Crippen molar-refractivity contribution in [1.29, 1.82) is 0 Å². The molecule has 0 amide bonds. The largest absolute Gasteiger partial charge is 0.472 e. The maximum atomic E-state index is 5.68. The minimum absolute atomic E-state index is 0.0881. The van der Waals surface area contributed by atoms with Gasteiger partial charge in [0.15, 0.2) is 0 Å². The summed E-state index contributed by atoms with van der Waals surface area (Å²) in [5.41, 5.74) is 4.94. The minimum atomic E-state index is -0.0881. The third-order valence-corrected chi connectivity index (χ3v) is 3.07. The van der Waals surface area contributed by atoms with Gasteiger partial charge < -0.3 is 4.42 Å². The van der Waals surface area contributed by atoms with Gasteiger partial charge in [-0.05, 0) is 23.1 Å². The van der Waals surface area contributed by atoms with E-state index in [0.717, 1.165) is 21.9 Å². The molecular formula is C14H13N3O. The molecule has 0 bridgehead atoms. The first-order valence-corrected chi connectivity index (χ1v) is 5.71. The topological polar surface area (TPSA) is 64.1 Å². The lowest BCUT2D eigenvalue weighted by atomic mass is 9.97. The number of rotatable bonds is 3. The molecule has 4 nitrogen and oxygen atoms in total. The average Bonchev–Trinajstić information content (AvgIpc) is 2.94. The van der Waals surface area contributed by atoms with Crippen molar-refractivity contribution in [2.45, 2.75) is 6.04 Å². The zero-order valence-electron chi connectivity index (χ0n) is 9.71. The summed E-state index contributed by atoms with van der Waals surface area (Å²) in [6.07, 6.45) is 6.98. The third kappa shape index (κ3) is 1.77. The zero-order chi connectivity index (χ0) is 12.4. The molecule has 2 aromatic heterocycles. The summed E-state index contributed by atoms with van der Waals surface area (Å²) in [4.78, 5) is 4.13. The SMILES string of the molecule is NNC(c1ccoc1)c1cccc2cnccc12. The fourth-order valence-electron chi connectivity index (χ4n) is 2.20. The maximum absolute atomic E-state index is 5.68. The van der Waals surface area contributed by atoms with Crippen LogP contribution < -0.4 is 11.3 Å². The highest BCUT2D eigenvalue weighted by molar-refractivity contribution is 5.85. The van der Waals surface area contributed by atoms with Crippen molar-refractivity contribution in [2.24, 2.45) is 5.84 Å². The minimum Gasteiger partial charge on any atom is -0.472 e. The summed E-state index contributed by atoms with van der Waals surface area (Å²) in [7, 11) is 0. The molecule has 0 fully saturated rings. The molecular weight excluding hydrogens is 226 g/mol. The van der Waals surface area contributed by atoms with Gasteiger partial charge in [-0.2, -0.15) is 0 Å². The standard InChI is InChI=1S/C14H13N3O/c15-17-14(11-5-7-18-9-11)13-3-1-2-10-8-16-6-4-12(10)13/h1-9,14,17H,15H2. The first-order chi connectivity index (χ1) is 8.90. The van der Waals surface area contributed by atoms with Gasteiger partial charge in [0.25, 0.3) is 0 Å². The first-order valence-electron chi connectivity index (χ1n) is 5.71. The quantitative estimate of drug-likeness (QED) is 0.544. The number of hydrogen-bond acceptors (Lipinski definition) is 4. The molecule has 3 rings (SSSR count). The van der Waals surface area contributed by atoms with Crippen LogP contribution in [0.15, 0.2) is 59.7 Å². The van der Waals surface area contributed by atoms with Crippen LogP contribution in [-0.4, -0.2) is 4.98 Å². The fourth-order valence-corrected chi connectivity index (χ4v) is 2.20. The summed E-state index contributed by atoms with van der Waals surface area (Å²) in [6.45, 7) is 0. The second kappa shape index (κ2) is 4.60. The van der Waals surface area contributed by atoms with Crippen molar-refractivity contribution < 1.29 is 4.42 Å². The average molecular weight is 239 g/mol. The number of nitrogens with one attached hydrogen (secondary N) is 1. The van der Waals surface area contributed by atoms with Gasteiger partial charge in [-0.1, -0.05) is 18.2 Å². The molecule has 0 saturated carbocycles. The second-order valence-corrected chi connectivity index (χ2v) is 4.10. The van der Waals surface area contributed by atoms with E-state index < -0.39 is 0 Å². The lowest BCUT2D eigenvalue weighted by molar-refractivity contribution is 0.554. The lowest BCUT2D eigenvalue weighted by Gasteiger charge is -2.16. The Bertz CT molecular complexity index is 644. The number of nitrogens with zero attached hydrogens (tertiary/aromatic N) is 1. The molecule has 3 N–H and O–H groups in total. The highest BCUT2D eigenvalue weighted by Crippen LogP contribution is 2.28. The number of pyridine rings is 1. The molecule has 0 spiro atoms. The van der Waals surface area contributed by atoms with E-state index in [1.165, 1.54) is 0 Å². The molecule has 0 aliphatic heterocycles. The van der Waals surface area contributed by atoms with Crippen LogP contribution in [0, 0.1) is 0 Å². The zero-order valence-corrected chi connectivity index (χ0v) is 9.71. The smallest absolute Gasteiger partial charge is 0.0954 e. The van der Waals surface area contributed by atoms with Crippen molar-refractivity contribution in [2.75, 3.05) is 0 Å². The Morgan fingerprint density at radius 1 is 1.22 bits per heavy atom. The van der Waals surface area contributed by atoms with Gasteiger partial charge in [0.1, 0.15) is 0 Å². The first kappa shape index (κ1) is 11.0. The van der Waals surface area contributed by atoms with Crippen LogP contribution in [0.4, 0.5) is 0 Å². The molecule has 18 heavy (non-hydrogen) atoms. The van der Waals surface area contributed by atoms with Crippen LogP contribution in [-0.2, 0) is 0 Å². The number of benzene rings is 1. The van der Waals surface area contributed by atoms with Crippen molar-refractivity contribution in [3.05, 3.63) is 66.4 Å². The molecule has 0 radical (unpaired) electrons. The predicted octanol–water partition coefficient (Wildman–Crippen LogP) is 2.38. The lowest BCUT2D eigenvalue weighted by Crippen LogP contribution is -2.28. The Kier molecular flexibility index (Phi) is 2.80. The van der Waals surface area contributed by atoms with E-state index in [4.69, 9.17) is 10.3 Å². The molecule has 1 unspecified atom stereocenters. The highest BCUT2D eigenvalue weighted by atomic mass is 16.3. The monoisotopic (exact) mass is 239 g/mol. The Morgan fingerprint density at radius 3 is 2.94 bits per heavy atom. The number of nitrogens with two attached hydrogens (primary N) is 1. The normalized spacial score (nSPS) is 12.7. The van der Waals surface area contributed by atoms with Crippen LogP contribution in [0.1, 0.15) is 17.2 Å². The van der Waals surface area contributed by atoms with Gasteiger partial charge >= 0.3 is 0 Å². The van der Waals surface area contributed by atoms with E-state index >= 15 is 0 Å². The second-order valence-electron chi connectivity index (χ2n) is 4.10. The molecule has 0 aliphatic carbocycles. The molecule has 90 valence electrons. The van der Waals surface area contributed by atoms with Crippen LogP contribution in [0.25, 0.3) is 10.8 Å². The van der Waals surface area contributed by atoms with Gasteiger partial charge in [-0.3, -0.25) is 10.8 Å². The van der Waals surface area contributed by atoms with Gasteiger partial charge in [0.05, 0.1) is 18.6 Å². The fraction of sp³-hybridized carbons (Fsp3) is 0.0714. The van der Waals surface area contributed by atoms with Crippen molar-refractivity contribution in [3.8, 4) is 0 Å². The van der Waals surface area contributed by atoms with E-state index in [0.29, 0.717) is 0 Å². The van der Waals surface area contributed by atoms with Crippen molar-refractivity contribution >= 4 is 10.8 Å². The number of fused-ring (bicyclic) bond motifs is 1. The Morgan fingerprint density at radius 2 is 2.17 bits per heavy atom. The van der Waals surface area contributed by atoms with Crippen LogP contribution in [0.5, 0.6) is 0 Å². The summed E-state index contributed by atoms with van der Waals surface area (Å²) in [6, 6.07) is 9.91. The summed E-state index contributed by atoms with van der Waals surface area (Å²) in [5, 5.41) is 2.23. The summed E-state index contributed by atoms with van der Waals surface area (Å²) in [5.74, 6) is 5.68. The van der Waals surface area contributed by atoms with Crippen molar-refractivity contribution in [3.63, 3.8) is 0 Å². The van der Waals surface area contributed by atoms with Gasteiger partial charge in [0.2, 0.25) is 0 Å². The van der Waals surface area contributed by atoms with E-state index in [1.54, 1.807) is 18.7 Å². The van der Waals surface area contributed by atoms with E-state index in [1.807, 2.05) is 30.5 Å². The maximum Gasteiger partial charge on any atom is 0.0954 e. The molecule has 1 atom stereocenters. The van der Waals surface area contributed by atoms with Crippen LogP contribution in [0.3, 0.4) is 0 Å². The molecule has 0 aliphatic rings. The third-order valence-electron chi connectivity index (χ3n) is 3.07. The predicted molar refractivity (Wildman–Crippen MR) is 69.6 cm³/mol. The van der Waals surface area contributed by atoms with E-state index in [2.05, 4.69) is 16.5 Å². The Hall–Kier alpha value is -2.17. The van der Waals surface area contributed by atoms with Crippen LogP contribution in [0.2, 0.25) is 0 Å². The van der Waals surface area contributed by atoms with Crippen LogP contribution >= 0.6 is 0 Å². The number of aromatic nitrogens is 1. The molecule has 0 saturated heterocycles. The number of hydrazine groups is 1. The Balaban J connectivity index is 2.18. The van der Waals surface area contributed by atoms with E-state index in [9.17, 15) is 0 Å². The summed E-state index contributed by atoms with van der Waals surface area (Å²) < 4.78 is 5.12. The van der Waals surface area contributed by atoms with Crippen molar-refractivity contribution in [1.82, 2.24) is 10.4 Å². The van der Waals surface area contributed by atoms with Gasteiger partial charge in [-0.15, -0.1) is 0 Å². The summed E-state index contributed by atoms with van der Waals surface area (Å²) >= 11 is 0. The molecule has 4 heteroatoms. The highest BCUT2D eigenvalue weighted by Gasteiger charge is 2.15. The Labute approximate surface area is 104 Å². The number of hydrogen-bond donors (Lipinski definition) is 2. The van der Waals surface area contributed by atoms with Gasteiger partial charge in [-0.25, -0.2) is 5.43 Å². The molecule has 2 heterocycles. The molecule has 3 aromatic rings. The molecule has 1 aromatic carbocycles. The van der Waals surface area contributed by atoms with E-state index in [-0.39, 0.29) is 6.04 Å². The number of furan rings is 1.